The van der Waals surface area contributed by atoms with Crippen molar-refractivity contribution in [2.75, 3.05) is 13.1 Å². The largest absolute Gasteiger partial charge is 0.354 e. The molecule has 1 aromatic rings. The minimum atomic E-state index is -0.0789. The number of nitrogens with one attached hydrogen (secondary N) is 2. The summed E-state index contributed by atoms with van der Waals surface area (Å²) in [5, 5.41) is 14.2. The molecule has 2 N–H and O–H groups in total. The van der Waals surface area contributed by atoms with Crippen molar-refractivity contribution in [1.82, 2.24) is 10.6 Å². The molecule has 0 aliphatic rings. The molecule has 1 aromatic carbocycles. The monoisotopic (exact) mass is 245 g/mol. The second kappa shape index (κ2) is 7.46. The van der Waals surface area contributed by atoms with Gasteiger partial charge in [-0.2, -0.15) is 5.26 Å². The zero-order valence-electron chi connectivity index (χ0n) is 10.9. The summed E-state index contributed by atoms with van der Waals surface area (Å²) in [5.74, 6) is -0.0789. The zero-order valence-corrected chi connectivity index (χ0v) is 10.9. The molecule has 18 heavy (non-hydrogen) atoms. The molecule has 4 heteroatoms. The summed E-state index contributed by atoms with van der Waals surface area (Å²) in [7, 11) is 0. The van der Waals surface area contributed by atoms with Crippen LogP contribution >= 0.6 is 0 Å². The summed E-state index contributed by atoms with van der Waals surface area (Å²) in [5.41, 5.74) is 2.37. The minimum absolute atomic E-state index is 0.0789. The standard InChI is InChI=1S/C14H19N3O/c1-11-5-3-6-13(9-11)12(2)17-10-14(18)16-8-4-7-15/h3,5-6,9,12,17H,4,8,10H2,1-2H3,(H,16,18)/t12-/m1/s1. The lowest BCUT2D eigenvalue weighted by molar-refractivity contribution is -0.120. The summed E-state index contributed by atoms with van der Waals surface area (Å²) in [4.78, 5) is 11.4. The first-order valence-corrected chi connectivity index (χ1v) is 6.07. The predicted octanol–water partition coefficient (Wildman–Crippen LogP) is 1.68. The number of carbonyl (C=O) groups excluding carboxylic acids is 1. The van der Waals surface area contributed by atoms with Crippen molar-refractivity contribution in [1.29, 1.82) is 5.26 Å². The third-order valence-electron chi connectivity index (χ3n) is 2.67. The predicted molar refractivity (Wildman–Crippen MR) is 70.8 cm³/mol. The van der Waals surface area contributed by atoms with Crippen molar-refractivity contribution in [3.05, 3.63) is 35.4 Å². The molecule has 0 radical (unpaired) electrons. The van der Waals surface area contributed by atoms with Gasteiger partial charge in [0.15, 0.2) is 0 Å². The number of aryl methyl sites for hydroxylation is 1. The van der Waals surface area contributed by atoms with E-state index in [-0.39, 0.29) is 18.5 Å². The third kappa shape index (κ3) is 4.98. The van der Waals surface area contributed by atoms with Gasteiger partial charge < -0.3 is 10.6 Å². The lowest BCUT2D eigenvalue weighted by atomic mass is 10.1. The normalized spacial score (nSPS) is 11.6. The van der Waals surface area contributed by atoms with Crippen molar-refractivity contribution in [2.24, 2.45) is 0 Å². The summed E-state index contributed by atoms with van der Waals surface area (Å²) in [6.07, 6.45) is 0.346. The smallest absolute Gasteiger partial charge is 0.234 e. The second-order valence-corrected chi connectivity index (χ2v) is 4.27. The Hall–Kier alpha value is -1.86. The Morgan fingerprint density at radius 1 is 1.50 bits per heavy atom. The van der Waals surface area contributed by atoms with Gasteiger partial charge in [-0.05, 0) is 19.4 Å². The lowest BCUT2D eigenvalue weighted by Crippen LogP contribution is -2.35. The van der Waals surface area contributed by atoms with Gasteiger partial charge >= 0.3 is 0 Å². The van der Waals surface area contributed by atoms with E-state index in [0.717, 1.165) is 0 Å². The molecular formula is C14H19N3O. The highest BCUT2D eigenvalue weighted by atomic mass is 16.1. The number of hydrogen-bond acceptors (Lipinski definition) is 3. The highest BCUT2D eigenvalue weighted by Crippen LogP contribution is 2.13. The first kappa shape index (κ1) is 14.2. The summed E-state index contributed by atoms with van der Waals surface area (Å²) in [6.45, 7) is 4.75. The molecule has 0 heterocycles. The molecule has 0 spiro atoms. The molecule has 0 aliphatic carbocycles. The highest BCUT2D eigenvalue weighted by Gasteiger charge is 2.07. The SMILES string of the molecule is Cc1cccc([C@@H](C)NCC(=O)NCCC#N)c1. The van der Waals surface area contributed by atoms with Gasteiger partial charge in [0.05, 0.1) is 19.0 Å². The van der Waals surface area contributed by atoms with Gasteiger partial charge in [-0.1, -0.05) is 29.8 Å². The van der Waals surface area contributed by atoms with Gasteiger partial charge in [0.1, 0.15) is 0 Å². The Balaban J connectivity index is 2.35. The van der Waals surface area contributed by atoms with Crippen LogP contribution < -0.4 is 10.6 Å². The average molecular weight is 245 g/mol. The van der Waals surface area contributed by atoms with Crippen LogP contribution in [0.5, 0.6) is 0 Å². The van der Waals surface area contributed by atoms with Crippen molar-refractivity contribution in [3.8, 4) is 6.07 Å². The molecule has 1 atom stereocenters. The van der Waals surface area contributed by atoms with E-state index in [9.17, 15) is 4.79 Å². The van der Waals surface area contributed by atoms with E-state index in [1.807, 2.05) is 38.1 Å². The van der Waals surface area contributed by atoms with Crippen LogP contribution in [0.15, 0.2) is 24.3 Å². The van der Waals surface area contributed by atoms with Crippen molar-refractivity contribution < 1.29 is 4.79 Å². The fourth-order valence-electron chi connectivity index (χ4n) is 1.62. The van der Waals surface area contributed by atoms with Crippen LogP contribution in [0.3, 0.4) is 0 Å². The Morgan fingerprint density at radius 2 is 2.28 bits per heavy atom. The molecule has 0 unspecified atom stereocenters. The van der Waals surface area contributed by atoms with Gasteiger partial charge in [0.2, 0.25) is 5.91 Å². The van der Waals surface area contributed by atoms with E-state index in [1.165, 1.54) is 11.1 Å². The molecule has 0 bridgehead atoms. The lowest BCUT2D eigenvalue weighted by Gasteiger charge is -2.14. The van der Waals surface area contributed by atoms with Crippen molar-refractivity contribution >= 4 is 5.91 Å². The van der Waals surface area contributed by atoms with Crippen molar-refractivity contribution in [2.45, 2.75) is 26.3 Å². The maximum Gasteiger partial charge on any atom is 0.234 e. The first-order chi connectivity index (χ1) is 8.63. The Labute approximate surface area is 108 Å². The van der Waals surface area contributed by atoms with Crippen LogP contribution in [-0.4, -0.2) is 19.0 Å². The Morgan fingerprint density at radius 3 is 2.94 bits per heavy atom. The molecule has 96 valence electrons. The van der Waals surface area contributed by atoms with E-state index in [2.05, 4.69) is 16.7 Å². The molecule has 4 nitrogen and oxygen atoms in total. The van der Waals surface area contributed by atoms with Crippen LogP contribution in [0.2, 0.25) is 0 Å². The summed E-state index contributed by atoms with van der Waals surface area (Å²) in [6, 6.07) is 10.3. The van der Waals surface area contributed by atoms with Crippen LogP contribution in [0.25, 0.3) is 0 Å². The fourth-order valence-corrected chi connectivity index (χ4v) is 1.62. The molecule has 0 fully saturated rings. The van der Waals surface area contributed by atoms with Crippen LogP contribution in [0.4, 0.5) is 0 Å². The summed E-state index contributed by atoms with van der Waals surface area (Å²) < 4.78 is 0. The average Bonchev–Trinajstić information content (AvgIpc) is 2.36. The molecule has 0 saturated heterocycles. The van der Waals surface area contributed by atoms with Gasteiger partial charge in [0.25, 0.3) is 0 Å². The molecule has 0 aromatic heterocycles. The minimum Gasteiger partial charge on any atom is -0.354 e. The number of rotatable bonds is 6. The zero-order chi connectivity index (χ0) is 13.4. The number of nitrogens with zero attached hydrogens (tertiary/aromatic N) is 1. The third-order valence-corrected chi connectivity index (χ3v) is 2.67. The maximum atomic E-state index is 11.4. The Kier molecular flexibility index (Phi) is 5.89. The van der Waals surface area contributed by atoms with E-state index in [0.29, 0.717) is 13.0 Å². The molecule has 1 amide bonds. The van der Waals surface area contributed by atoms with E-state index in [4.69, 9.17) is 5.26 Å². The molecular weight excluding hydrogens is 226 g/mol. The van der Waals surface area contributed by atoms with E-state index in [1.54, 1.807) is 0 Å². The number of carbonyl (C=O) groups is 1. The molecule has 0 aliphatic heterocycles. The van der Waals surface area contributed by atoms with Gasteiger partial charge in [-0.15, -0.1) is 0 Å². The van der Waals surface area contributed by atoms with Gasteiger partial charge in [-0.3, -0.25) is 4.79 Å². The number of hydrogen-bond donors (Lipinski definition) is 2. The van der Waals surface area contributed by atoms with Gasteiger partial charge in [-0.25, -0.2) is 0 Å². The number of benzene rings is 1. The fraction of sp³-hybridized carbons (Fsp3) is 0.429. The topological polar surface area (TPSA) is 64.9 Å². The highest BCUT2D eigenvalue weighted by molar-refractivity contribution is 5.78. The van der Waals surface area contributed by atoms with Gasteiger partial charge in [0, 0.05) is 12.6 Å². The second-order valence-electron chi connectivity index (χ2n) is 4.27. The van der Waals surface area contributed by atoms with Crippen LogP contribution in [-0.2, 0) is 4.79 Å². The number of nitriles is 1. The number of amides is 1. The van der Waals surface area contributed by atoms with E-state index >= 15 is 0 Å². The molecule has 0 saturated carbocycles. The Bertz CT molecular complexity index is 437. The van der Waals surface area contributed by atoms with Crippen LogP contribution in [0, 0.1) is 18.3 Å². The maximum absolute atomic E-state index is 11.4. The quantitative estimate of drug-likeness (QED) is 0.749. The summed E-state index contributed by atoms with van der Waals surface area (Å²) >= 11 is 0. The first-order valence-electron chi connectivity index (χ1n) is 6.07. The molecule has 1 rings (SSSR count). The van der Waals surface area contributed by atoms with E-state index < -0.39 is 0 Å². The van der Waals surface area contributed by atoms with Crippen LogP contribution in [0.1, 0.15) is 30.5 Å². The van der Waals surface area contributed by atoms with Crippen molar-refractivity contribution in [3.63, 3.8) is 0 Å².